The van der Waals surface area contributed by atoms with Gasteiger partial charge in [0.1, 0.15) is 0 Å². The SMILES string of the molecule is CCCNCCCCc1nc(-c2ccccc2)cs1. The Morgan fingerprint density at radius 2 is 1.95 bits per heavy atom. The fourth-order valence-electron chi connectivity index (χ4n) is 2.00. The van der Waals surface area contributed by atoms with Gasteiger partial charge in [0, 0.05) is 10.9 Å². The molecule has 102 valence electrons. The normalized spacial score (nSPS) is 10.8. The number of unbranched alkanes of at least 4 members (excludes halogenated alkanes) is 1. The number of aromatic nitrogens is 1. The molecule has 1 N–H and O–H groups in total. The lowest BCUT2D eigenvalue weighted by atomic mass is 10.2. The molecule has 0 aliphatic carbocycles. The van der Waals surface area contributed by atoms with Crippen LogP contribution in [0.5, 0.6) is 0 Å². The summed E-state index contributed by atoms with van der Waals surface area (Å²) in [6.45, 7) is 4.47. The summed E-state index contributed by atoms with van der Waals surface area (Å²) in [6, 6.07) is 10.4. The van der Waals surface area contributed by atoms with Gasteiger partial charge in [0.25, 0.3) is 0 Å². The number of hydrogen-bond donors (Lipinski definition) is 1. The number of thiazole rings is 1. The second-order valence-electron chi connectivity index (χ2n) is 4.70. The van der Waals surface area contributed by atoms with E-state index in [-0.39, 0.29) is 0 Å². The molecule has 0 amide bonds. The standard InChI is InChI=1S/C16H22N2S/c1-2-11-17-12-7-6-10-16-18-15(13-19-16)14-8-4-3-5-9-14/h3-5,8-9,13,17H,2,6-7,10-12H2,1H3. The van der Waals surface area contributed by atoms with Gasteiger partial charge in [0.15, 0.2) is 0 Å². The summed E-state index contributed by atoms with van der Waals surface area (Å²) in [6.07, 6.45) is 4.77. The monoisotopic (exact) mass is 274 g/mol. The molecule has 0 spiro atoms. The van der Waals surface area contributed by atoms with Crippen LogP contribution in [0.15, 0.2) is 35.7 Å². The first-order valence-electron chi connectivity index (χ1n) is 7.10. The highest BCUT2D eigenvalue weighted by atomic mass is 32.1. The number of hydrogen-bond acceptors (Lipinski definition) is 3. The van der Waals surface area contributed by atoms with Crippen molar-refractivity contribution in [3.8, 4) is 11.3 Å². The fourth-order valence-corrected chi connectivity index (χ4v) is 2.84. The highest BCUT2D eigenvalue weighted by Gasteiger charge is 2.03. The van der Waals surface area contributed by atoms with Crippen molar-refractivity contribution < 1.29 is 0 Å². The first-order chi connectivity index (χ1) is 9.40. The summed E-state index contributed by atoms with van der Waals surface area (Å²) in [5.74, 6) is 0. The number of benzene rings is 1. The van der Waals surface area contributed by atoms with Crippen LogP contribution >= 0.6 is 11.3 Å². The van der Waals surface area contributed by atoms with Crippen molar-refractivity contribution in [2.75, 3.05) is 13.1 Å². The molecule has 0 saturated carbocycles. The van der Waals surface area contributed by atoms with Crippen molar-refractivity contribution in [1.82, 2.24) is 10.3 Å². The maximum absolute atomic E-state index is 4.71. The molecule has 0 saturated heterocycles. The molecule has 1 heterocycles. The maximum atomic E-state index is 4.71. The van der Waals surface area contributed by atoms with Gasteiger partial charge in [-0.05, 0) is 38.8 Å². The van der Waals surface area contributed by atoms with Crippen LogP contribution in [0, 0.1) is 0 Å². The number of nitrogens with zero attached hydrogens (tertiary/aromatic N) is 1. The molecule has 0 fully saturated rings. The summed E-state index contributed by atoms with van der Waals surface area (Å²) in [5, 5.41) is 6.86. The minimum atomic E-state index is 1.10. The Bertz CT molecular complexity index is 465. The van der Waals surface area contributed by atoms with Gasteiger partial charge in [-0.25, -0.2) is 4.98 Å². The Morgan fingerprint density at radius 3 is 2.74 bits per heavy atom. The van der Waals surface area contributed by atoms with Crippen LogP contribution in [-0.2, 0) is 6.42 Å². The van der Waals surface area contributed by atoms with Gasteiger partial charge in [-0.1, -0.05) is 37.3 Å². The molecule has 0 unspecified atom stereocenters. The van der Waals surface area contributed by atoms with Gasteiger partial charge < -0.3 is 5.32 Å². The lowest BCUT2D eigenvalue weighted by molar-refractivity contribution is 0.616. The summed E-state index contributed by atoms with van der Waals surface area (Å²) in [5.41, 5.74) is 2.33. The predicted octanol–water partition coefficient (Wildman–Crippen LogP) is 4.13. The molecule has 0 atom stereocenters. The van der Waals surface area contributed by atoms with E-state index in [1.165, 1.54) is 29.8 Å². The third kappa shape index (κ3) is 4.77. The topological polar surface area (TPSA) is 24.9 Å². The molecule has 0 aliphatic rings. The van der Waals surface area contributed by atoms with Gasteiger partial charge in [-0.3, -0.25) is 0 Å². The predicted molar refractivity (Wildman–Crippen MR) is 83.6 cm³/mol. The molecule has 19 heavy (non-hydrogen) atoms. The number of aryl methyl sites for hydroxylation is 1. The van der Waals surface area contributed by atoms with Crippen molar-refractivity contribution in [3.63, 3.8) is 0 Å². The van der Waals surface area contributed by atoms with Crippen LogP contribution in [0.4, 0.5) is 0 Å². The Labute approximate surface area is 119 Å². The quantitative estimate of drug-likeness (QED) is 0.732. The van der Waals surface area contributed by atoms with E-state index < -0.39 is 0 Å². The second kappa shape index (κ2) is 8.08. The van der Waals surface area contributed by atoms with E-state index in [0.717, 1.165) is 25.2 Å². The van der Waals surface area contributed by atoms with E-state index in [9.17, 15) is 0 Å². The summed E-state index contributed by atoms with van der Waals surface area (Å²) in [7, 11) is 0. The van der Waals surface area contributed by atoms with Gasteiger partial charge in [0.05, 0.1) is 10.7 Å². The van der Waals surface area contributed by atoms with E-state index in [1.807, 2.05) is 6.07 Å². The minimum absolute atomic E-state index is 1.10. The number of nitrogens with one attached hydrogen (secondary N) is 1. The average molecular weight is 274 g/mol. The van der Waals surface area contributed by atoms with Crippen molar-refractivity contribution in [3.05, 3.63) is 40.7 Å². The van der Waals surface area contributed by atoms with Crippen LogP contribution < -0.4 is 5.32 Å². The molecule has 2 nitrogen and oxygen atoms in total. The van der Waals surface area contributed by atoms with E-state index >= 15 is 0 Å². The third-order valence-electron chi connectivity index (χ3n) is 3.04. The third-order valence-corrected chi connectivity index (χ3v) is 3.95. The summed E-state index contributed by atoms with van der Waals surface area (Å²) in [4.78, 5) is 4.71. The van der Waals surface area contributed by atoms with Crippen LogP contribution in [0.3, 0.4) is 0 Å². The number of rotatable bonds is 8. The van der Waals surface area contributed by atoms with Gasteiger partial charge in [0.2, 0.25) is 0 Å². The first kappa shape index (κ1) is 14.2. The van der Waals surface area contributed by atoms with Gasteiger partial charge in [-0.15, -0.1) is 11.3 Å². The molecular formula is C16H22N2S. The van der Waals surface area contributed by atoms with Gasteiger partial charge in [-0.2, -0.15) is 0 Å². The zero-order valence-electron chi connectivity index (χ0n) is 11.6. The molecular weight excluding hydrogens is 252 g/mol. The highest BCUT2D eigenvalue weighted by molar-refractivity contribution is 7.09. The molecule has 1 aromatic carbocycles. The smallest absolute Gasteiger partial charge is 0.0932 e. The second-order valence-corrected chi connectivity index (χ2v) is 5.64. The van der Waals surface area contributed by atoms with Gasteiger partial charge >= 0.3 is 0 Å². The van der Waals surface area contributed by atoms with Crippen LogP contribution in [0.1, 0.15) is 31.2 Å². The molecule has 0 radical (unpaired) electrons. The van der Waals surface area contributed by atoms with Crippen molar-refractivity contribution in [2.24, 2.45) is 0 Å². The Kier molecular flexibility index (Phi) is 6.05. The van der Waals surface area contributed by atoms with Crippen LogP contribution in [-0.4, -0.2) is 18.1 Å². The molecule has 0 bridgehead atoms. The Balaban J connectivity index is 1.75. The fraction of sp³-hybridized carbons (Fsp3) is 0.438. The molecule has 2 rings (SSSR count). The molecule has 2 aromatic rings. The lowest BCUT2D eigenvalue weighted by Gasteiger charge is -2.01. The minimum Gasteiger partial charge on any atom is -0.317 e. The van der Waals surface area contributed by atoms with Crippen molar-refractivity contribution in [2.45, 2.75) is 32.6 Å². The first-order valence-corrected chi connectivity index (χ1v) is 7.98. The van der Waals surface area contributed by atoms with Crippen LogP contribution in [0.25, 0.3) is 11.3 Å². The zero-order chi connectivity index (χ0) is 13.3. The summed E-state index contributed by atoms with van der Waals surface area (Å²) >= 11 is 1.78. The Morgan fingerprint density at radius 1 is 1.11 bits per heavy atom. The van der Waals surface area contributed by atoms with E-state index in [2.05, 4.69) is 41.9 Å². The highest BCUT2D eigenvalue weighted by Crippen LogP contribution is 2.22. The molecule has 0 aliphatic heterocycles. The van der Waals surface area contributed by atoms with Crippen molar-refractivity contribution in [1.29, 1.82) is 0 Å². The van der Waals surface area contributed by atoms with Crippen molar-refractivity contribution >= 4 is 11.3 Å². The Hall–Kier alpha value is -1.19. The molecule has 3 heteroatoms. The van der Waals surface area contributed by atoms with E-state index in [0.29, 0.717) is 0 Å². The summed E-state index contributed by atoms with van der Waals surface area (Å²) < 4.78 is 0. The van der Waals surface area contributed by atoms with E-state index in [1.54, 1.807) is 11.3 Å². The largest absolute Gasteiger partial charge is 0.317 e. The average Bonchev–Trinajstić information content (AvgIpc) is 2.92. The zero-order valence-corrected chi connectivity index (χ0v) is 12.4. The van der Waals surface area contributed by atoms with E-state index in [4.69, 9.17) is 4.98 Å². The lowest BCUT2D eigenvalue weighted by Crippen LogP contribution is -2.15. The molecule has 1 aromatic heterocycles. The van der Waals surface area contributed by atoms with Crippen LogP contribution in [0.2, 0.25) is 0 Å². The maximum Gasteiger partial charge on any atom is 0.0932 e.